The first kappa shape index (κ1) is 7.60. The van der Waals surface area contributed by atoms with Gasteiger partial charge in [0, 0.05) is 6.20 Å². The highest BCUT2D eigenvalue weighted by Gasteiger charge is 2.02. The largest absolute Gasteiger partial charge is 0.423 e. The van der Waals surface area contributed by atoms with Crippen molar-refractivity contribution in [3.63, 3.8) is 0 Å². The number of rotatable bonds is 2. The van der Waals surface area contributed by atoms with Crippen LogP contribution in [0.2, 0.25) is 0 Å². The molecule has 0 N–H and O–H groups in total. The predicted octanol–water partition coefficient (Wildman–Crippen LogP) is 0.944. The monoisotopic (exact) mass is 175 g/mol. The van der Waals surface area contributed by atoms with Crippen LogP contribution in [-0.2, 0) is 0 Å². The van der Waals surface area contributed by atoms with Crippen LogP contribution in [0.3, 0.4) is 0 Å². The molecule has 0 spiro atoms. The molecule has 0 bridgehead atoms. The third-order valence-corrected chi connectivity index (χ3v) is 1.51. The van der Waals surface area contributed by atoms with Crippen molar-refractivity contribution in [1.82, 2.24) is 15.2 Å². The zero-order valence-corrected chi connectivity index (χ0v) is 6.54. The van der Waals surface area contributed by atoms with E-state index in [0.717, 1.165) is 0 Å². The van der Waals surface area contributed by atoms with Gasteiger partial charge >= 0.3 is 0 Å². The average molecular weight is 175 g/mol. The number of carbonyl (C=O) groups excluding carboxylic acids is 1. The van der Waals surface area contributed by atoms with Gasteiger partial charge in [-0.25, -0.2) is 0 Å². The Kier molecular flexibility index (Phi) is 1.84. The number of hydrogen-bond donors (Lipinski definition) is 0. The van der Waals surface area contributed by atoms with E-state index < -0.39 is 0 Å². The smallest absolute Gasteiger partial charge is 0.248 e. The first-order chi connectivity index (χ1) is 6.40. The molecule has 2 aromatic heterocycles. The highest BCUT2D eigenvalue weighted by Crippen LogP contribution is 2.13. The first-order valence-electron chi connectivity index (χ1n) is 3.58. The lowest BCUT2D eigenvalue weighted by atomic mass is 10.2. The van der Waals surface area contributed by atoms with Crippen LogP contribution < -0.4 is 0 Å². The summed E-state index contributed by atoms with van der Waals surface area (Å²) in [7, 11) is 0. The molecule has 2 aromatic rings. The number of aromatic nitrogens is 3. The third kappa shape index (κ3) is 1.44. The molecular formula is C8H5N3O2. The van der Waals surface area contributed by atoms with Gasteiger partial charge in [0.2, 0.25) is 12.3 Å². The van der Waals surface area contributed by atoms with Crippen LogP contribution in [0, 0.1) is 0 Å². The number of hydrogen-bond acceptors (Lipinski definition) is 5. The second-order valence-electron chi connectivity index (χ2n) is 2.33. The Morgan fingerprint density at radius 2 is 2.31 bits per heavy atom. The summed E-state index contributed by atoms with van der Waals surface area (Å²) < 4.78 is 4.94. The van der Waals surface area contributed by atoms with Gasteiger partial charge in [0.25, 0.3) is 0 Å². The molecule has 13 heavy (non-hydrogen) atoms. The van der Waals surface area contributed by atoms with E-state index in [4.69, 9.17) is 4.42 Å². The number of nitrogens with zero attached hydrogens (tertiary/aromatic N) is 3. The van der Waals surface area contributed by atoms with Gasteiger partial charge < -0.3 is 4.42 Å². The van der Waals surface area contributed by atoms with Gasteiger partial charge in [-0.05, 0) is 12.1 Å². The summed E-state index contributed by atoms with van der Waals surface area (Å²) in [6, 6.07) is 3.29. The van der Waals surface area contributed by atoms with Crippen LogP contribution in [0.5, 0.6) is 0 Å². The van der Waals surface area contributed by atoms with E-state index in [1.54, 1.807) is 12.1 Å². The van der Waals surface area contributed by atoms with E-state index in [2.05, 4.69) is 15.2 Å². The maximum atomic E-state index is 10.3. The molecule has 0 aliphatic heterocycles. The van der Waals surface area contributed by atoms with Crippen molar-refractivity contribution in [2.45, 2.75) is 0 Å². The van der Waals surface area contributed by atoms with Crippen molar-refractivity contribution in [1.29, 1.82) is 0 Å². The van der Waals surface area contributed by atoms with Crippen molar-refractivity contribution in [2.24, 2.45) is 0 Å². The molecule has 0 saturated heterocycles. The van der Waals surface area contributed by atoms with Crippen LogP contribution in [-0.4, -0.2) is 21.5 Å². The summed E-state index contributed by atoms with van der Waals surface area (Å²) in [4.78, 5) is 14.1. The fraction of sp³-hybridized carbons (Fsp3) is 0. The summed E-state index contributed by atoms with van der Waals surface area (Å²) in [6.07, 6.45) is 3.43. The molecule has 0 aliphatic rings. The fourth-order valence-corrected chi connectivity index (χ4v) is 0.900. The zero-order valence-electron chi connectivity index (χ0n) is 6.54. The predicted molar refractivity (Wildman–Crippen MR) is 42.9 cm³/mol. The van der Waals surface area contributed by atoms with E-state index in [0.29, 0.717) is 23.4 Å². The molecule has 5 heteroatoms. The molecule has 0 aromatic carbocycles. The number of pyridine rings is 1. The molecule has 2 rings (SSSR count). The Labute approximate surface area is 73.4 Å². The Morgan fingerprint density at radius 3 is 2.85 bits per heavy atom. The van der Waals surface area contributed by atoms with Crippen LogP contribution in [0.15, 0.2) is 29.1 Å². The van der Waals surface area contributed by atoms with E-state index in [1.165, 1.54) is 12.6 Å². The molecule has 0 fully saturated rings. The maximum Gasteiger partial charge on any atom is 0.248 e. The lowest BCUT2D eigenvalue weighted by Gasteiger charge is -1.92. The standard InChI is InChI=1S/C8H5N3O2/c12-4-7-2-1-6(3-9-7)8-11-10-5-13-8/h1-5H. The SMILES string of the molecule is O=Cc1ccc(-c2nnco2)cn1. The Balaban J connectivity index is 2.38. The quantitative estimate of drug-likeness (QED) is 0.635. The summed E-state index contributed by atoms with van der Waals surface area (Å²) in [6.45, 7) is 0. The zero-order chi connectivity index (χ0) is 9.10. The van der Waals surface area contributed by atoms with Gasteiger partial charge in [0.05, 0.1) is 5.56 Å². The molecule has 0 radical (unpaired) electrons. The second kappa shape index (κ2) is 3.14. The van der Waals surface area contributed by atoms with Crippen LogP contribution >= 0.6 is 0 Å². The number of aldehydes is 1. The molecule has 0 saturated carbocycles. The van der Waals surface area contributed by atoms with E-state index in [-0.39, 0.29) is 0 Å². The minimum atomic E-state index is 0.378. The molecule has 0 aliphatic carbocycles. The van der Waals surface area contributed by atoms with E-state index in [1.807, 2.05) is 0 Å². The molecule has 0 amide bonds. The second-order valence-corrected chi connectivity index (χ2v) is 2.33. The summed E-state index contributed by atoms with van der Waals surface area (Å²) >= 11 is 0. The van der Waals surface area contributed by atoms with Gasteiger partial charge in [-0.15, -0.1) is 10.2 Å². The van der Waals surface area contributed by atoms with Gasteiger partial charge in [0.15, 0.2) is 6.29 Å². The van der Waals surface area contributed by atoms with Crippen LogP contribution in [0.1, 0.15) is 10.5 Å². The average Bonchev–Trinajstić information content (AvgIpc) is 2.71. The Morgan fingerprint density at radius 1 is 1.38 bits per heavy atom. The Hall–Kier alpha value is -2.04. The van der Waals surface area contributed by atoms with Crippen molar-refractivity contribution in [2.75, 3.05) is 0 Å². The van der Waals surface area contributed by atoms with Crippen molar-refractivity contribution in [3.05, 3.63) is 30.4 Å². The van der Waals surface area contributed by atoms with Gasteiger partial charge in [-0.2, -0.15) is 0 Å². The van der Waals surface area contributed by atoms with E-state index in [9.17, 15) is 4.79 Å². The minimum absolute atomic E-state index is 0.378. The van der Waals surface area contributed by atoms with Crippen molar-refractivity contribution < 1.29 is 9.21 Å². The maximum absolute atomic E-state index is 10.3. The normalized spacial score (nSPS) is 9.85. The molecule has 5 nitrogen and oxygen atoms in total. The summed E-state index contributed by atoms with van der Waals surface area (Å²) in [5.41, 5.74) is 1.08. The molecular weight excluding hydrogens is 170 g/mol. The minimum Gasteiger partial charge on any atom is -0.423 e. The fourth-order valence-electron chi connectivity index (χ4n) is 0.900. The van der Waals surface area contributed by atoms with Gasteiger partial charge in [0.1, 0.15) is 5.69 Å². The van der Waals surface area contributed by atoms with E-state index >= 15 is 0 Å². The summed E-state index contributed by atoms with van der Waals surface area (Å²) in [5, 5.41) is 7.22. The molecule has 64 valence electrons. The van der Waals surface area contributed by atoms with Gasteiger partial charge in [-0.3, -0.25) is 9.78 Å². The molecule has 0 unspecified atom stereocenters. The van der Waals surface area contributed by atoms with Crippen molar-refractivity contribution >= 4 is 6.29 Å². The molecule has 0 atom stereocenters. The number of carbonyl (C=O) groups is 1. The highest BCUT2D eigenvalue weighted by molar-refractivity contribution is 5.72. The first-order valence-corrected chi connectivity index (χ1v) is 3.58. The summed E-state index contributed by atoms with van der Waals surface area (Å²) in [5.74, 6) is 0.393. The van der Waals surface area contributed by atoms with Crippen LogP contribution in [0.4, 0.5) is 0 Å². The molecule has 2 heterocycles. The van der Waals surface area contributed by atoms with Crippen molar-refractivity contribution in [3.8, 4) is 11.5 Å². The lowest BCUT2D eigenvalue weighted by Crippen LogP contribution is -1.86. The van der Waals surface area contributed by atoms with Gasteiger partial charge in [-0.1, -0.05) is 0 Å². The Bertz CT molecular complexity index is 394. The van der Waals surface area contributed by atoms with Crippen LogP contribution in [0.25, 0.3) is 11.5 Å². The lowest BCUT2D eigenvalue weighted by molar-refractivity contribution is 0.111. The topological polar surface area (TPSA) is 68.9 Å². The third-order valence-electron chi connectivity index (χ3n) is 1.51. The highest BCUT2D eigenvalue weighted by atomic mass is 16.4.